The number of imidazole rings is 1. The van der Waals surface area contributed by atoms with Gasteiger partial charge in [0, 0.05) is 23.8 Å². The predicted molar refractivity (Wildman–Crippen MR) is 87.9 cm³/mol. The van der Waals surface area contributed by atoms with Crippen LogP contribution in [-0.2, 0) is 6.54 Å². The second kappa shape index (κ2) is 5.99. The molecule has 0 amide bonds. The van der Waals surface area contributed by atoms with Gasteiger partial charge in [-0.3, -0.25) is 0 Å². The Kier molecular flexibility index (Phi) is 4.10. The number of rotatable bonds is 4. The van der Waals surface area contributed by atoms with Crippen LogP contribution in [0.1, 0.15) is 4.88 Å². The van der Waals surface area contributed by atoms with Gasteiger partial charge in [0.1, 0.15) is 0 Å². The zero-order valence-corrected chi connectivity index (χ0v) is 13.5. The average molecular weight is 369 g/mol. The van der Waals surface area contributed by atoms with Gasteiger partial charge in [-0.2, -0.15) is 0 Å². The molecule has 0 spiro atoms. The van der Waals surface area contributed by atoms with Gasteiger partial charge in [-0.05, 0) is 40.2 Å². The zero-order valence-electron chi connectivity index (χ0n) is 10.4. The van der Waals surface area contributed by atoms with E-state index in [2.05, 4.69) is 38.4 Å². The maximum Gasteiger partial charge on any atom is 0.0992 e. The second-order valence-electron chi connectivity index (χ2n) is 4.17. The lowest BCUT2D eigenvalue weighted by atomic mass is 10.2. The number of hydrogen-bond acceptors (Lipinski definition) is 3. The van der Waals surface area contributed by atoms with Gasteiger partial charge >= 0.3 is 0 Å². The molecule has 0 aliphatic heterocycles. The van der Waals surface area contributed by atoms with Crippen LogP contribution in [0, 0.1) is 0 Å². The lowest BCUT2D eigenvalue weighted by Crippen LogP contribution is -2.03. The van der Waals surface area contributed by atoms with E-state index in [9.17, 15) is 0 Å². The van der Waals surface area contributed by atoms with Crippen molar-refractivity contribution in [1.29, 1.82) is 0 Å². The van der Waals surface area contributed by atoms with Crippen molar-refractivity contribution in [3.8, 4) is 5.69 Å². The van der Waals surface area contributed by atoms with Gasteiger partial charge in [-0.15, -0.1) is 11.3 Å². The molecule has 2 heterocycles. The molecule has 1 N–H and O–H groups in total. The van der Waals surface area contributed by atoms with Crippen LogP contribution in [0.15, 0.2) is 52.8 Å². The van der Waals surface area contributed by atoms with Crippen LogP contribution in [0.25, 0.3) is 5.69 Å². The minimum absolute atomic E-state index is 0.695. The van der Waals surface area contributed by atoms with Gasteiger partial charge in [-0.1, -0.05) is 17.7 Å². The second-order valence-corrected chi connectivity index (χ2v) is 7.12. The Morgan fingerprint density at radius 1 is 1.30 bits per heavy atom. The summed E-state index contributed by atoms with van der Waals surface area (Å²) in [5.74, 6) is 0. The van der Waals surface area contributed by atoms with E-state index < -0.39 is 0 Å². The molecular formula is C14H11BrClN3S. The van der Waals surface area contributed by atoms with Gasteiger partial charge in [0.05, 0.1) is 26.5 Å². The highest BCUT2D eigenvalue weighted by Crippen LogP contribution is 2.29. The summed E-state index contributed by atoms with van der Waals surface area (Å²) < 4.78 is 3.05. The Bertz CT molecular complexity index is 709. The minimum Gasteiger partial charge on any atom is -0.378 e. The van der Waals surface area contributed by atoms with Crippen molar-refractivity contribution in [1.82, 2.24) is 9.55 Å². The van der Waals surface area contributed by atoms with E-state index in [1.807, 2.05) is 29.0 Å². The van der Waals surface area contributed by atoms with Crippen molar-refractivity contribution >= 4 is 44.6 Å². The number of thiophene rings is 1. The smallest absolute Gasteiger partial charge is 0.0992 e. The Morgan fingerprint density at radius 3 is 2.90 bits per heavy atom. The Balaban J connectivity index is 1.88. The van der Waals surface area contributed by atoms with Crippen LogP contribution in [0.5, 0.6) is 0 Å². The number of aromatic nitrogens is 2. The SMILES string of the molecule is Clc1cccc(NCc2ccc(Br)s2)c1-n1ccnc1. The molecule has 0 aliphatic rings. The zero-order chi connectivity index (χ0) is 13.9. The Labute approximate surface area is 134 Å². The maximum atomic E-state index is 6.31. The number of halogens is 2. The highest BCUT2D eigenvalue weighted by Gasteiger charge is 2.09. The van der Waals surface area contributed by atoms with E-state index in [4.69, 9.17) is 11.6 Å². The molecule has 20 heavy (non-hydrogen) atoms. The largest absolute Gasteiger partial charge is 0.378 e. The molecule has 0 saturated heterocycles. The molecule has 3 rings (SSSR count). The summed E-state index contributed by atoms with van der Waals surface area (Å²) in [5, 5.41) is 4.12. The predicted octanol–water partition coefficient (Wildman–Crippen LogP) is 4.96. The summed E-state index contributed by atoms with van der Waals surface area (Å²) in [6.07, 6.45) is 5.37. The summed E-state index contributed by atoms with van der Waals surface area (Å²) in [7, 11) is 0. The van der Waals surface area contributed by atoms with Gasteiger partial charge in [0.15, 0.2) is 0 Å². The van der Waals surface area contributed by atoms with E-state index in [1.165, 1.54) is 4.88 Å². The molecule has 102 valence electrons. The molecule has 0 atom stereocenters. The lowest BCUT2D eigenvalue weighted by Gasteiger charge is -2.13. The molecule has 3 aromatic rings. The standard InChI is InChI=1S/C14H11BrClN3S/c15-13-5-4-10(20-13)8-18-12-3-1-2-11(16)14(12)19-7-6-17-9-19/h1-7,9,18H,8H2. The maximum absolute atomic E-state index is 6.31. The van der Waals surface area contributed by atoms with E-state index in [-0.39, 0.29) is 0 Å². The fourth-order valence-electron chi connectivity index (χ4n) is 1.94. The Morgan fingerprint density at radius 2 is 2.20 bits per heavy atom. The van der Waals surface area contributed by atoms with Gasteiger partial charge < -0.3 is 9.88 Å². The molecule has 0 radical (unpaired) electrons. The number of anilines is 1. The lowest BCUT2D eigenvalue weighted by molar-refractivity contribution is 1.05. The number of hydrogen-bond donors (Lipinski definition) is 1. The highest BCUT2D eigenvalue weighted by molar-refractivity contribution is 9.11. The molecule has 2 aromatic heterocycles. The topological polar surface area (TPSA) is 29.9 Å². The van der Waals surface area contributed by atoms with Crippen molar-refractivity contribution in [2.24, 2.45) is 0 Å². The fraction of sp³-hybridized carbons (Fsp3) is 0.0714. The molecule has 0 fully saturated rings. The van der Waals surface area contributed by atoms with E-state index >= 15 is 0 Å². The number of benzene rings is 1. The fourth-order valence-corrected chi connectivity index (χ4v) is 3.64. The van der Waals surface area contributed by atoms with Gasteiger partial charge in [0.2, 0.25) is 0 Å². The number of nitrogens with zero attached hydrogens (tertiary/aromatic N) is 2. The van der Waals surface area contributed by atoms with Crippen LogP contribution in [0.4, 0.5) is 5.69 Å². The van der Waals surface area contributed by atoms with Crippen LogP contribution in [-0.4, -0.2) is 9.55 Å². The third-order valence-corrected chi connectivity index (χ3v) is 4.76. The van der Waals surface area contributed by atoms with Crippen molar-refractivity contribution < 1.29 is 0 Å². The summed E-state index contributed by atoms with van der Waals surface area (Å²) in [4.78, 5) is 5.33. The van der Waals surface area contributed by atoms with Crippen molar-refractivity contribution in [3.63, 3.8) is 0 Å². The molecular weight excluding hydrogens is 358 g/mol. The van der Waals surface area contributed by atoms with E-state index in [1.54, 1.807) is 23.9 Å². The van der Waals surface area contributed by atoms with Crippen LogP contribution >= 0.6 is 38.9 Å². The summed E-state index contributed by atoms with van der Waals surface area (Å²) in [5.41, 5.74) is 1.90. The summed E-state index contributed by atoms with van der Waals surface area (Å²) >= 11 is 11.5. The quantitative estimate of drug-likeness (QED) is 0.705. The first kappa shape index (κ1) is 13.7. The van der Waals surface area contributed by atoms with E-state index in [0.29, 0.717) is 5.02 Å². The van der Waals surface area contributed by atoms with E-state index in [0.717, 1.165) is 21.7 Å². The first-order valence-electron chi connectivity index (χ1n) is 5.99. The van der Waals surface area contributed by atoms with Crippen molar-refractivity contribution in [2.75, 3.05) is 5.32 Å². The third-order valence-electron chi connectivity index (χ3n) is 2.83. The molecule has 1 aromatic carbocycles. The molecule has 0 unspecified atom stereocenters. The summed E-state index contributed by atoms with van der Waals surface area (Å²) in [6.45, 7) is 0.762. The molecule has 0 bridgehead atoms. The monoisotopic (exact) mass is 367 g/mol. The van der Waals surface area contributed by atoms with Crippen molar-refractivity contribution in [3.05, 3.63) is 62.7 Å². The average Bonchev–Trinajstić information content (AvgIpc) is 3.08. The summed E-state index contributed by atoms with van der Waals surface area (Å²) in [6, 6.07) is 9.99. The third kappa shape index (κ3) is 2.90. The number of para-hydroxylation sites is 1. The number of nitrogens with one attached hydrogen (secondary N) is 1. The van der Waals surface area contributed by atoms with Gasteiger partial charge in [0.25, 0.3) is 0 Å². The first-order chi connectivity index (χ1) is 9.74. The minimum atomic E-state index is 0.695. The first-order valence-corrected chi connectivity index (χ1v) is 7.98. The Hall–Kier alpha value is -1.30. The molecule has 0 saturated carbocycles. The molecule has 6 heteroatoms. The molecule has 3 nitrogen and oxygen atoms in total. The van der Waals surface area contributed by atoms with Crippen LogP contribution in [0.2, 0.25) is 5.02 Å². The van der Waals surface area contributed by atoms with Gasteiger partial charge in [-0.25, -0.2) is 4.98 Å². The van der Waals surface area contributed by atoms with Crippen molar-refractivity contribution in [2.45, 2.75) is 6.54 Å². The van der Waals surface area contributed by atoms with Crippen LogP contribution < -0.4 is 5.32 Å². The normalized spacial score (nSPS) is 10.7. The van der Waals surface area contributed by atoms with Crippen LogP contribution in [0.3, 0.4) is 0 Å². The molecule has 0 aliphatic carbocycles. The highest BCUT2D eigenvalue weighted by atomic mass is 79.9.